The van der Waals surface area contributed by atoms with E-state index in [9.17, 15) is 9.90 Å². The maximum absolute atomic E-state index is 12.1. The van der Waals surface area contributed by atoms with Gasteiger partial charge in [-0.2, -0.15) is 0 Å². The first kappa shape index (κ1) is 11.2. The van der Waals surface area contributed by atoms with Crippen LogP contribution < -0.4 is 14.9 Å². The molecule has 0 fully saturated rings. The normalized spacial score (nSPS) is 15.2. The van der Waals surface area contributed by atoms with Crippen LogP contribution in [0.15, 0.2) is 34.1 Å². The molecule has 0 unspecified atom stereocenters. The lowest BCUT2D eigenvalue weighted by Gasteiger charge is -2.03. The summed E-state index contributed by atoms with van der Waals surface area (Å²) in [5, 5.41) is 9.71. The molecule has 0 amide bonds. The molecule has 0 atom stereocenters. The maximum Gasteiger partial charge on any atom is 0.270 e. The van der Waals surface area contributed by atoms with Gasteiger partial charge >= 0.3 is 0 Å². The summed E-state index contributed by atoms with van der Waals surface area (Å²) in [4.78, 5) is 17.3. The van der Waals surface area contributed by atoms with Crippen LogP contribution in [0.4, 0.5) is 0 Å². The van der Waals surface area contributed by atoms with E-state index >= 15 is 0 Å². The lowest BCUT2D eigenvalue weighted by Crippen LogP contribution is -2.33. The van der Waals surface area contributed by atoms with Crippen molar-refractivity contribution in [1.82, 2.24) is 4.57 Å². The molecule has 0 bridgehead atoms. The number of para-hydroxylation sites is 1. The standard InChI is InChI=1S/C13H12N2O2S/c16-10-5-2-1-4-9(10)8-11-12(17)15-7-3-6-14-13(15)18-11/h1-2,4-5,8,16H,3,6-7H2/b11-8-. The number of hydrogen-bond acceptors (Lipinski definition) is 4. The van der Waals surface area contributed by atoms with Gasteiger partial charge in [0.05, 0.1) is 4.53 Å². The quantitative estimate of drug-likeness (QED) is 0.810. The summed E-state index contributed by atoms with van der Waals surface area (Å²) in [6.45, 7) is 1.53. The summed E-state index contributed by atoms with van der Waals surface area (Å²) in [6, 6.07) is 6.99. The largest absolute Gasteiger partial charge is 0.507 e. The summed E-state index contributed by atoms with van der Waals surface area (Å²) in [6.07, 6.45) is 2.64. The van der Waals surface area contributed by atoms with E-state index in [2.05, 4.69) is 4.99 Å². The molecule has 0 spiro atoms. The van der Waals surface area contributed by atoms with Crippen molar-refractivity contribution in [2.45, 2.75) is 13.0 Å². The summed E-state index contributed by atoms with van der Waals surface area (Å²) in [5.74, 6) is 0.185. The zero-order chi connectivity index (χ0) is 12.5. The Hall–Kier alpha value is -1.88. The van der Waals surface area contributed by atoms with E-state index < -0.39 is 0 Å². The van der Waals surface area contributed by atoms with Gasteiger partial charge in [0, 0.05) is 18.7 Å². The molecule has 0 radical (unpaired) electrons. The molecule has 0 saturated heterocycles. The third kappa shape index (κ3) is 1.86. The number of rotatable bonds is 1. The van der Waals surface area contributed by atoms with Crippen molar-refractivity contribution in [3.05, 3.63) is 49.5 Å². The van der Waals surface area contributed by atoms with Crippen molar-refractivity contribution in [3.63, 3.8) is 0 Å². The van der Waals surface area contributed by atoms with Crippen molar-refractivity contribution in [2.24, 2.45) is 4.99 Å². The fraction of sp³-hybridized carbons (Fsp3) is 0.231. The number of thiazole rings is 1. The SMILES string of the molecule is O=c1/c(=C/c2ccccc2O)sc2n1CCCN=2. The van der Waals surface area contributed by atoms with Gasteiger partial charge in [0.1, 0.15) is 5.75 Å². The van der Waals surface area contributed by atoms with E-state index in [1.807, 2.05) is 6.07 Å². The smallest absolute Gasteiger partial charge is 0.270 e. The molecular weight excluding hydrogens is 248 g/mol. The average Bonchev–Trinajstić information content (AvgIpc) is 2.70. The molecular formula is C13H12N2O2S. The monoisotopic (exact) mass is 260 g/mol. The third-order valence-electron chi connectivity index (χ3n) is 2.90. The van der Waals surface area contributed by atoms with Crippen LogP contribution in [0.5, 0.6) is 5.75 Å². The second kappa shape index (κ2) is 4.42. The Balaban J connectivity index is 2.23. The van der Waals surface area contributed by atoms with Crippen LogP contribution in [0.3, 0.4) is 0 Å². The molecule has 1 N–H and O–H groups in total. The maximum atomic E-state index is 12.1. The van der Waals surface area contributed by atoms with Gasteiger partial charge in [-0.1, -0.05) is 29.5 Å². The molecule has 4 nitrogen and oxygen atoms in total. The van der Waals surface area contributed by atoms with E-state index in [1.165, 1.54) is 11.3 Å². The van der Waals surface area contributed by atoms with Crippen molar-refractivity contribution in [3.8, 4) is 5.75 Å². The van der Waals surface area contributed by atoms with E-state index in [-0.39, 0.29) is 11.3 Å². The van der Waals surface area contributed by atoms with Gasteiger partial charge in [0.25, 0.3) is 5.56 Å². The second-order valence-electron chi connectivity index (χ2n) is 4.14. The van der Waals surface area contributed by atoms with Crippen LogP contribution in [0.25, 0.3) is 6.08 Å². The molecule has 1 aliphatic heterocycles. The zero-order valence-corrected chi connectivity index (χ0v) is 10.5. The molecule has 5 heteroatoms. The number of phenols is 1. The van der Waals surface area contributed by atoms with Gasteiger partial charge in [-0.25, -0.2) is 0 Å². The van der Waals surface area contributed by atoms with E-state index in [1.54, 1.807) is 28.8 Å². The minimum absolute atomic E-state index is 0.0123. The predicted molar refractivity (Wildman–Crippen MR) is 70.5 cm³/mol. The number of aromatic hydroxyl groups is 1. The summed E-state index contributed by atoms with van der Waals surface area (Å²) >= 11 is 1.38. The van der Waals surface area contributed by atoms with Gasteiger partial charge in [-0.05, 0) is 18.6 Å². The predicted octanol–water partition coefficient (Wildman–Crippen LogP) is 0.467. The first-order chi connectivity index (χ1) is 8.75. The lowest BCUT2D eigenvalue weighted by molar-refractivity contribution is 0.474. The van der Waals surface area contributed by atoms with Crippen LogP contribution in [0, 0.1) is 0 Å². The molecule has 2 aromatic rings. The van der Waals surface area contributed by atoms with Gasteiger partial charge in [-0.15, -0.1) is 0 Å². The van der Waals surface area contributed by atoms with E-state index in [0.717, 1.165) is 24.3 Å². The molecule has 0 saturated carbocycles. The lowest BCUT2D eigenvalue weighted by atomic mass is 10.2. The fourth-order valence-electron chi connectivity index (χ4n) is 1.98. The van der Waals surface area contributed by atoms with Crippen molar-refractivity contribution >= 4 is 17.4 Å². The van der Waals surface area contributed by atoms with E-state index in [0.29, 0.717) is 10.1 Å². The van der Waals surface area contributed by atoms with Gasteiger partial charge < -0.3 is 5.11 Å². The summed E-state index contributed by atoms with van der Waals surface area (Å²) in [7, 11) is 0. The number of fused-ring (bicyclic) bond motifs is 1. The highest BCUT2D eigenvalue weighted by molar-refractivity contribution is 7.07. The topological polar surface area (TPSA) is 54.6 Å². The van der Waals surface area contributed by atoms with Gasteiger partial charge in [0.15, 0.2) is 4.80 Å². The Bertz CT molecular complexity index is 758. The van der Waals surface area contributed by atoms with Crippen LogP contribution in [0.2, 0.25) is 0 Å². The summed E-state index contributed by atoms with van der Waals surface area (Å²) < 4.78 is 2.33. The molecule has 92 valence electrons. The van der Waals surface area contributed by atoms with Gasteiger partial charge in [-0.3, -0.25) is 14.4 Å². The minimum Gasteiger partial charge on any atom is -0.507 e. The number of benzene rings is 1. The molecule has 1 aromatic carbocycles. The molecule has 18 heavy (non-hydrogen) atoms. The van der Waals surface area contributed by atoms with Crippen LogP contribution in [-0.4, -0.2) is 16.2 Å². The fourth-order valence-corrected chi connectivity index (χ4v) is 3.00. The number of nitrogens with zero attached hydrogens (tertiary/aromatic N) is 2. The molecule has 1 aliphatic rings. The van der Waals surface area contributed by atoms with Crippen LogP contribution in [0.1, 0.15) is 12.0 Å². The Morgan fingerprint density at radius 2 is 2.22 bits per heavy atom. The zero-order valence-electron chi connectivity index (χ0n) is 9.67. The Morgan fingerprint density at radius 3 is 3.00 bits per heavy atom. The van der Waals surface area contributed by atoms with Crippen molar-refractivity contribution < 1.29 is 5.11 Å². The minimum atomic E-state index is -0.0123. The Labute approximate surface area is 107 Å². The van der Waals surface area contributed by atoms with Crippen molar-refractivity contribution in [2.75, 3.05) is 6.54 Å². The second-order valence-corrected chi connectivity index (χ2v) is 5.15. The molecule has 3 rings (SSSR count). The highest BCUT2D eigenvalue weighted by Gasteiger charge is 2.08. The molecule has 0 aliphatic carbocycles. The Morgan fingerprint density at radius 1 is 1.39 bits per heavy atom. The molecule has 1 aromatic heterocycles. The number of aromatic nitrogens is 1. The third-order valence-corrected chi connectivity index (χ3v) is 3.94. The highest BCUT2D eigenvalue weighted by Crippen LogP contribution is 2.15. The van der Waals surface area contributed by atoms with Crippen molar-refractivity contribution in [1.29, 1.82) is 0 Å². The number of hydrogen-bond donors (Lipinski definition) is 1. The molecule has 2 heterocycles. The number of phenolic OH excluding ortho intramolecular Hbond substituents is 1. The van der Waals surface area contributed by atoms with E-state index in [4.69, 9.17) is 0 Å². The van der Waals surface area contributed by atoms with Gasteiger partial charge in [0.2, 0.25) is 0 Å². The first-order valence-corrected chi connectivity index (χ1v) is 6.61. The first-order valence-electron chi connectivity index (χ1n) is 5.79. The summed E-state index contributed by atoms with van der Waals surface area (Å²) in [5.41, 5.74) is 0.649. The Kier molecular flexibility index (Phi) is 2.76. The van der Waals surface area contributed by atoms with Crippen LogP contribution >= 0.6 is 11.3 Å². The average molecular weight is 260 g/mol. The van der Waals surface area contributed by atoms with Crippen LogP contribution in [-0.2, 0) is 6.54 Å². The highest BCUT2D eigenvalue weighted by atomic mass is 32.1.